The number of ketones is 1. The van der Waals surface area contributed by atoms with Crippen molar-refractivity contribution < 1.29 is 9.53 Å². The van der Waals surface area contributed by atoms with E-state index in [-0.39, 0.29) is 22.7 Å². The van der Waals surface area contributed by atoms with Crippen molar-refractivity contribution in [2.24, 2.45) is 11.1 Å². The summed E-state index contributed by atoms with van der Waals surface area (Å²) in [5.74, 6) is 0.100. The first-order valence-corrected chi connectivity index (χ1v) is 8.83. The SMILES string of the molecule is CC1(C)CC(=O)C2=C(C1)OC(N)=C(C#N)C2c1cnn(-c2ccccc2)c1. The molecule has 6 nitrogen and oxygen atoms in total. The summed E-state index contributed by atoms with van der Waals surface area (Å²) in [5, 5.41) is 14.1. The number of allylic oxidation sites excluding steroid dienone is 3. The van der Waals surface area contributed by atoms with Crippen LogP contribution in [0.1, 0.15) is 38.2 Å². The molecule has 1 aliphatic heterocycles. The molecular formula is C21H20N4O2. The number of hydrogen-bond donors (Lipinski definition) is 1. The Hall–Kier alpha value is -3.33. The minimum Gasteiger partial charge on any atom is -0.444 e. The van der Waals surface area contributed by atoms with Crippen molar-refractivity contribution in [2.45, 2.75) is 32.6 Å². The van der Waals surface area contributed by atoms with Gasteiger partial charge in [0, 0.05) is 30.2 Å². The maximum atomic E-state index is 12.9. The summed E-state index contributed by atoms with van der Waals surface area (Å²) < 4.78 is 7.44. The lowest BCUT2D eigenvalue weighted by molar-refractivity contribution is -0.119. The summed E-state index contributed by atoms with van der Waals surface area (Å²) in [6.45, 7) is 4.06. The maximum absolute atomic E-state index is 12.9. The predicted octanol–water partition coefficient (Wildman–Crippen LogP) is 3.32. The highest BCUT2D eigenvalue weighted by Crippen LogP contribution is 2.47. The molecule has 2 aliphatic rings. The molecule has 4 rings (SSSR count). The third kappa shape index (κ3) is 2.91. The fraction of sp³-hybridized carbons (Fsp3) is 0.286. The molecule has 1 aromatic heterocycles. The molecule has 0 fully saturated rings. The Labute approximate surface area is 157 Å². The van der Waals surface area contributed by atoms with Crippen molar-refractivity contribution in [3.63, 3.8) is 0 Å². The number of ether oxygens (including phenoxy) is 1. The van der Waals surface area contributed by atoms with Gasteiger partial charge in [-0.05, 0) is 17.5 Å². The number of carbonyl (C=O) groups excluding carboxylic acids is 1. The number of para-hydroxylation sites is 1. The fourth-order valence-electron chi connectivity index (χ4n) is 3.83. The molecule has 0 saturated heterocycles. The predicted molar refractivity (Wildman–Crippen MR) is 99.3 cm³/mol. The molecule has 2 N–H and O–H groups in total. The summed E-state index contributed by atoms with van der Waals surface area (Å²) in [4.78, 5) is 12.9. The highest BCUT2D eigenvalue weighted by atomic mass is 16.5. The monoisotopic (exact) mass is 360 g/mol. The Kier molecular flexibility index (Phi) is 3.88. The second-order valence-corrected chi connectivity index (χ2v) is 7.76. The van der Waals surface area contributed by atoms with Crippen LogP contribution in [0.15, 0.2) is 65.5 Å². The molecule has 1 unspecified atom stereocenters. The van der Waals surface area contributed by atoms with Crippen LogP contribution in [0.5, 0.6) is 0 Å². The lowest BCUT2D eigenvalue weighted by Gasteiger charge is -2.36. The van der Waals surface area contributed by atoms with E-state index in [9.17, 15) is 10.1 Å². The number of carbonyl (C=O) groups is 1. The first-order valence-electron chi connectivity index (χ1n) is 8.83. The van der Waals surface area contributed by atoms with Crippen molar-refractivity contribution in [1.29, 1.82) is 5.26 Å². The molecule has 0 saturated carbocycles. The Morgan fingerprint density at radius 2 is 2.04 bits per heavy atom. The van der Waals surface area contributed by atoms with Gasteiger partial charge in [0.15, 0.2) is 5.78 Å². The van der Waals surface area contributed by atoms with Gasteiger partial charge < -0.3 is 10.5 Å². The van der Waals surface area contributed by atoms with E-state index >= 15 is 0 Å². The molecule has 136 valence electrons. The van der Waals surface area contributed by atoms with Crippen LogP contribution in [-0.4, -0.2) is 15.6 Å². The molecule has 1 aromatic carbocycles. The molecule has 2 heterocycles. The second-order valence-electron chi connectivity index (χ2n) is 7.76. The quantitative estimate of drug-likeness (QED) is 0.886. The third-order valence-electron chi connectivity index (χ3n) is 5.03. The zero-order valence-electron chi connectivity index (χ0n) is 15.3. The lowest BCUT2D eigenvalue weighted by atomic mass is 9.70. The van der Waals surface area contributed by atoms with E-state index in [1.807, 2.05) is 50.4 Å². The van der Waals surface area contributed by atoms with Crippen LogP contribution in [0, 0.1) is 16.7 Å². The van der Waals surface area contributed by atoms with Crippen molar-refractivity contribution in [1.82, 2.24) is 9.78 Å². The van der Waals surface area contributed by atoms with Crippen LogP contribution in [0.4, 0.5) is 0 Å². The molecule has 6 heteroatoms. The lowest BCUT2D eigenvalue weighted by Crippen LogP contribution is -2.33. The first-order chi connectivity index (χ1) is 12.9. The molecule has 0 radical (unpaired) electrons. The van der Waals surface area contributed by atoms with Gasteiger partial charge in [-0.15, -0.1) is 0 Å². The molecule has 1 atom stereocenters. The van der Waals surface area contributed by atoms with Crippen LogP contribution in [0.2, 0.25) is 0 Å². The average Bonchev–Trinajstić information content (AvgIpc) is 3.10. The van der Waals surface area contributed by atoms with Crippen molar-refractivity contribution in [3.05, 3.63) is 71.1 Å². The van der Waals surface area contributed by atoms with Gasteiger partial charge in [0.25, 0.3) is 0 Å². The molecule has 27 heavy (non-hydrogen) atoms. The second kappa shape index (κ2) is 6.13. The van der Waals surface area contributed by atoms with Crippen molar-refractivity contribution in [2.75, 3.05) is 0 Å². The summed E-state index contributed by atoms with van der Waals surface area (Å²) in [5.41, 5.74) is 8.29. The average molecular weight is 360 g/mol. The van der Waals surface area contributed by atoms with E-state index in [1.54, 1.807) is 10.9 Å². The van der Waals surface area contributed by atoms with Crippen molar-refractivity contribution >= 4 is 5.78 Å². The normalized spacial score (nSPS) is 21.5. The standard InChI is InChI=1S/C21H20N4O2/c1-21(2)8-16(26)19-17(9-21)27-20(23)15(10-22)18(19)13-11-24-25(12-13)14-6-4-3-5-7-14/h3-7,11-12,18H,8-9,23H2,1-2H3. The van der Waals surface area contributed by atoms with E-state index in [1.165, 1.54) is 0 Å². The molecular weight excluding hydrogens is 340 g/mol. The van der Waals surface area contributed by atoms with E-state index in [0.717, 1.165) is 11.3 Å². The number of rotatable bonds is 2. The molecule has 1 aliphatic carbocycles. The van der Waals surface area contributed by atoms with Crippen LogP contribution in [0.3, 0.4) is 0 Å². The Morgan fingerprint density at radius 3 is 2.74 bits per heavy atom. The van der Waals surface area contributed by atoms with Gasteiger partial charge in [-0.3, -0.25) is 4.79 Å². The number of aromatic nitrogens is 2. The smallest absolute Gasteiger partial charge is 0.205 e. The van der Waals surface area contributed by atoms with Gasteiger partial charge in [0.05, 0.1) is 17.8 Å². The van der Waals surface area contributed by atoms with E-state index < -0.39 is 5.92 Å². The topological polar surface area (TPSA) is 93.9 Å². The number of benzene rings is 1. The summed E-state index contributed by atoms with van der Waals surface area (Å²) in [6.07, 6.45) is 4.55. The zero-order valence-corrected chi connectivity index (χ0v) is 15.3. The van der Waals surface area contributed by atoms with E-state index in [4.69, 9.17) is 10.5 Å². The fourth-order valence-corrected chi connectivity index (χ4v) is 3.83. The van der Waals surface area contributed by atoms with Crippen LogP contribution >= 0.6 is 0 Å². The van der Waals surface area contributed by atoms with Gasteiger partial charge >= 0.3 is 0 Å². The number of nitriles is 1. The molecule has 0 amide bonds. The van der Waals surface area contributed by atoms with E-state index in [2.05, 4.69) is 11.2 Å². The number of nitrogens with zero attached hydrogens (tertiary/aromatic N) is 3. The molecule has 0 bridgehead atoms. The molecule has 2 aromatic rings. The minimum atomic E-state index is -0.542. The van der Waals surface area contributed by atoms with E-state index in [0.29, 0.717) is 24.2 Å². The minimum absolute atomic E-state index is 0.000962. The zero-order chi connectivity index (χ0) is 19.2. The summed E-state index contributed by atoms with van der Waals surface area (Å²) in [6, 6.07) is 11.8. The van der Waals surface area contributed by atoms with Crippen LogP contribution in [-0.2, 0) is 9.53 Å². The number of hydrogen-bond acceptors (Lipinski definition) is 5. The summed E-state index contributed by atoms with van der Waals surface area (Å²) >= 11 is 0. The Morgan fingerprint density at radius 1 is 1.30 bits per heavy atom. The Balaban J connectivity index is 1.83. The van der Waals surface area contributed by atoms with Crippen LogP contribution < -0.4 is 5.73 Å². The Bertz CT molecular complexity index is 1020. The third-order valence-corrected chi connectivity index (χ3v) is 5.03. The van der Waals surface area contributed by atoms with Gasteiger partial charge in [-0.1, -0.05) is 32.0 Å². The van der Waals surface area contributed by atoms with Gasteiger partial charge in [0.1, 0.15) is 17.4 Å². The maximum Gasteiger partial charge on any atom is 0.205 e. The highest BCUT2D eigenvalue weighted by molar-refractivity contribution is 6.00. The van der Waals surface area contributed by atoms with Gasteiger partial charge in [-0.25, -0.2) is 4.68 Å². The van der Waals surface area contributed by atoms with Gasteiger partial charge in [-0.2, -0.15) is 10.4 Å². The van der Waals surface area contributed by atoms with Crippen molar-refractivity contribution in [3.8, 4) is 11.8 Å². The first kappa shape index (κ1) is 17.1. The molecule has 0 spiro atoms. The number of nitrogens with two attached hydrogens (primary N) is 1. The largest absolute Gasteiger partial charge is 0.444 e. The van der Waals surface area contributed by atoms with Crippen LogP contribution in [0.25, 0.3) is 5.69 Å². The van der Waals surface area contributed by atoms with Gasteiger partial charge in [0.2, 0.25) is 5.88 Å². The summed E-state index contributed by atoms with van der Waals surface area (Å²) in [7, 11) is 0. The number of Topliss-reactive ketones (excluding diaryl/α,β-unsaturated/α-hetero) is 1. The highest BCUT2D eigenvalue weighted by Gasteiger charge is 2.43.